The lowest BCUT2D eigenvalue weighted by atomic mass is 9.78. The first-order valence-electron chi connectivity index (χ1n) is 11.9. The highest BCUT2D eigenvalue weighted by atomic mass is 16.5. The van der Waals surface area contributed by atoms with Gasteiger partial charge in [0.2, 0.25) is 5.91 Å². The Kier molecular flexibility index (Phi) is 7.39. The molecule has 1 aliphatic heterocycles. The van der Waals surface area contributed by atoms with E-state index in [4.69, 9.17) is 9.47 Å². The van der Waals surface area contributed by atoms with Gasteiger partial charge in [0.25, 0.3) is 5.91 Å². The molecule has 182 valence electrons. The van der Waals surface area contributed by atoms with Gasteiger partial charge in [0.15, 0.2) is 0 Å². The molecule has 0 unspecified atom stereocenters. The minimum atomic E-state index is -0.577. The van der Waals surface area contributed by atoms with Crippen LogP contribution < -0.4 is 19.7 Å². The van der Waals surface area contributed by atoms with Gasteiger partial charge in [0.1, 0.15) is 11.5 Å². The summed E-state index contributed by atoms with van der Waals surface area (Å²) in [6.07, 6.45) is 0.883. The molecule has 4 rings (SSSR count). The Hall–Kier alpha value is -3.80. The average molecular weight is 473 g/mol. The van der Waals surface area contributed by atoms with Crippen molar-refractivity contribution >= 4 is 17.5 Å². The Balaban J connectivity index is 1.86. The van der Waals surface area contributed by atoms with Crippen LogP contribution in [0, 0.1) is 5.92 Å². The minimum absolute atomic E-state index is 0.0927. The molecule has 6 nitrogen and oxygen atoms in total. The molecule has 0 radical (unpaired) electrons. The van der Waals surface area contributed by atoms with Crippen LogP contribution in [0.5, 0.6) is 11.5 Å². The molecule has 3 aromatic rings. The molecule has 0 spiro atoms. The number of benzene rings is 3. The van der Waals surface area contributed by atoms with E-state index in [0.29, 0.717) is 35.2 Å². The van der Waals surface area contributed by atoms with Crippen molar-refractivity contribution in [2.24, 2.45) is 5.92 Å². The van der Waals surface area contributed by atoms with E-state index in [1.54, 1.807) is 25.2 Å². The Morgan fingerprint density at radius 2 is 1.51 bits per heavy atom. The molecule has 35 heavy (non-hydrogen) atoms. The zero-order valence-electron chi connectivity index (χ0n) is 20.7. The first-order chi connectivity index (χ1) is 16.9. The number of ether oxygens (including phenoxy) is 2. The Morgan fingerprint density at radius 3 is 2.11 bits per heavy atom. The molecule has 2 amide bonds. The lowest BCUT2D eigenvalue weighted by Crippen LogP contribution is -2.47. The molecule has 0 fully saturated rings. The van der Waals surface area contributed by atoms with Gasteiger partial charge in [-0.3, -0.25) is 14.5 Å². The molecule has 1 heterocycles. The summed E-state index contributed by atoms with van der Waals surface area (Å²) in [7, 11) is 3.22. The van der Waals surface area contributed by atoms with E-state index < -0.39 is 12.0 Å². The van der Waals surface area contributed by atoms with E-state index in [1.807, 2.05) is 66.7 Å². The average Bonchev–Trinajstić information content (AvgIpc) is 2.88. The van der Waals surface area contributed by atoms with E-state index in [9.17, 15) is 9.59 Å². The molecule has 3 aromatic carbocycles. The van der Waals surface area contributed by atoms with E-state index in [1.165, 1.54) is 0 Å². The van der Waals surface area contributed by atoms with Gasteiger partial charge in [0.05, 0.1) is 26.2 Å². The fraction of sp³-hybridized carbons (Fsp3) is 0.310. The third kappa shape index (κ3) is 5.02. The second-order valence-corrected chi connectivity index (χ2v) is 9.13. The van der Waals surface area contributed by atoms with Crippen molar-refractivity contribution < 1.29 is 19.1 Å². The van der Waals surface area contributed by atoms with Crippen molar-refractivity contribution in [1.29, 1.82) is 0 Å². The second-order valence-electron chi connectivity index (χ2n) is 9.13. The second kappa shape index (κ2) is 10.6. The number of nitrogens with zero attached hydrogens (tertiary/aromatic N) is 1. The topological polar surface area (TPSA) is 67.9 Å². The lowest BCUT2D eigenvalue weighted by molar-refractivity contribution is -0.123. The summed E-state index contributed by atoms with van der Waals surface area (Å²) in [5.41, 5.74) is 2.83. The first-order valence-corrected chi connectivity index (χ1v) is 11.9. The summed E-state index contributed by atoms with van der Waals surface area (Å²) < 4.78 is 10.7. The molecule has 0 aromatic heterocycles. The van der Waals surface area contributed by atoms with Crippen molar-refractivity contribution in [3.8, 4) is 11.5 Å². The van der Waals surface area contributed by atoms with Crippen LogP contribution in [-0.4, -0.2) is 32.6 Å². The molecular weight excluding hydrogens is 440 g/mol. The summed E-state index contributed by atoms with van der Waals surface area (Å²) in [5.74, 6) is 1.07. The smallest absolute Gasteiger partial charge is 0.259 e. The predicted molar refractivity (Wildman–Crippen MR) is 137 cm³/mol. The summed E-state index contributed by atoms with van der Waals surface area (Å²) in [6.45, 7) is 4.85. The van der Waals surface area contributed by atoms with Crippen molar-refractivity contribution in [2.75, 3.05) is 25.7 Å². The number of fused-ring (bicyclic) bond motifs is 1. The van der Waals surface area contributed by atoms with Gasteiger partial charge >= 0.3 is 0 Å². The largest absolute Gasteiger partial charge is 0.497 e. The molecule has 0 saturated carbocycles. The van der Waals surface area contributed by atoms with Crippen LogP contribution >= 0.6 is 0 Å². The van der Waals surface area contributed by atoms with Gasteiger partial charge in [-0.1, -0.05) is 44.2 Å². The van der Waals surface area contributed by atoms with Crippen molar-refractivity contribution in [3.05, 3.63) is 89.5 Å². The van der Waals surface area contributed by atoms with Gasteiger partial charge in [-0.25, -0.2) is 0 Å². The van der Waals surface area contributed by atoms with E-state index in [0.717, 1.165) is 17.5 Å². The molecule has 1 aliphatic rings. The Morgan fingerprint density at radius 1 is 0.914 bits per heavy atom. The maximum atomic E-state index is 13.9. The van der Waals surface area contributed by atoms with Crippen molar-refractivity contribution in [1.82, 2.24) is 5.32 Å². The molecule has 6 heteroatoms. The maximum absolute atomic E-state index is 13.9. The zero-order valence-corrected chi connectivity index (χ0v) is 20.7. The maximum Gasteiger partial charge on any atom is 0.259 e. The number of amides is 2. The standard InChI is InChI=1S/C29H32N2O4/c1-19(2)17-18-30-28(32)26-24-7-5-6-8-25(24)29(33)31(21-11-15-23(35-4)16-12-21)27(26)20-9-13-22(34-3)14-10-20/h5-16,19,26-27H,17-18H2,1-4H3,(H,30,32)/t26-,27-/m1/s1. The Bertz CT molecular complexity index is 1170. The van der Waals surface area contributed by atoms with Crippen LogP contribution in [0.25, 0.3) is 0 Å². The molecule has 1 N–H and O–H groups in total. The van der Waals surface area contributed by atoms with E-state index >= 15 is 0 Å². The van der Waals surface area contributed by atoms with Crippen LogP contribution in [0.1, 0.15) is 53.7 Å². The van der Waals surface area contributed by atoms with E-state index in [-0.39, 0.29) is 11.8 Å². The number of carbonyl (C=O) groups is 2. The van der Waals surface area contributed by atoms with Crippen molar-refractivity contribution in [2.45, 2.75) is 32.2 Å². The van der Waals surface area contributed by atoms with E-state index in [2.05, 4.69) is 19.2 Å². The number of rotatable bonds is 8. The van der Waals surface area contributed by atoms with Crippen molar-refractivity contribution in [3.63, 3.8) is 0 Å². The minimum Gasteiger partial charge on any atom is -0.497 e. The highest BCUT2D eigenvalue weighted by Crippen LogP contribution is 2.45. The quantitative estimate of drug-likeness (QED) is 0.480. The summed E-state index contributed by atoms with van der Waals surface area (Å²) >= 11 is 0. The highest BCUT2D eigenvalue weighted by molar-refractivity contribution is 6.11. The number of anilines is 1. The summed E-state index contributed by atoms with van der Waals surface area (Å²) in [6, 6.07) is 21.8. The third-order valence-corrected chi connectivity index (χ3v) is 6.45. The molecule has 0 bridgehead atoms. The number of methoxy groups -OCH3 is 2. The number of nitrogens with one attached hydrogen (secondary N) is 1. The molecule has 0 aliphatic carbocycles. The van der Waals surface area contributed by atoms with Gasteiger partial charge < -0.3 is 14.8 Å². The van der Waals surface area contributed by atoms with Crippen LogP contribution in [-0.2, 0) is 4.79 Å². The normalized spacial score (nSPS) is 17.2. The fourth-order valence-electron chi connectivity index (χ4n) is 4.58. The molecular formula is C29H32N2O4. The van der Waals surface area contributed by atoms with Crippen LogP contribution in [0.2, 0.25) is 0 Å². The molecule has 2 atom stereocenters. The number of hydrogen-bond donors (Lipinski definition) is 1. The first kappa shape index (κ1) is 24.3. The number of hydrogen-bond acceptors (Lipinski definition) is 4. The third-order valence-electron chi connectivity index (χ3n) is 6.45. The van der Waals surface area contributed by atoms with Gasteiger partial charge in [-0.2, -0.15) is 0 Å². The zero-order chi connectivity index (χ0) is 24.9. The monoisotopic (exact) mass is 472 g/mol. The number of carbonyl (C=O) groups excluding carboxylic acids is 2. The van der Waals surface area contributed by atoms with Gasteiger partial charge in [-0.05, 0) is 65.9 Å². The lowest BCUT2D eigenvalue weighted by Gasteiger charge is -2.42. The van der Waals surface area contributed by atoms with Gasteiger partial charge in [-0.15, -0.1) is 0 Å². The highest BCUT2D eigenvalue weighted by Gasteiger charge is 2.44. The van der Waals surface area contributed by atoms with Crippen LogP contribution in [0.15, 0.2) is 72.8 Å². The summed E-state index contributed by atoms with van der Waals surface area (Å²) in [5, 5.41) is 3.13. The fourth-order valence-corrected chi connectivity index (χ4v) is 4.58. The summed E-state index contributed by atoms with van der Waals surface area (Å²) in [4.78, 5) is 29.4. The predicted octanol–water partition coefficient (Wildman–Crippen LogP) is 5.35. The SMILES string of the molecule is COc1ccc([C@@H]2[C@H](C(=O)NCCC(C)C)c3ccccc3C(=O)N2c2ccc(OC)cc2)cc1. The molecule has 0 saturated heterocycles. The van der Waals surface area contributed by atoms with Crippen LogP contribution in [0.4, 0.5) is 5.69 Å². The van der Waals surface area contributed by atoms with Crippen LogP contribution in [0.3, 0.4) is 0 Å². The Labute approximate surface area is 206 Å². The van der Waals surface area contributed by atoms with Gasteiger partial charge in [0, 0.05) is 17.8 Å².